The van der Waals surface area contributed by atoms with Crippen LogP contribution in [0.15, 0.2) is 58.4 Å². The maximum absolute atomic E-state index is 12.6. The van der Waals surface area contributed by atoms with E-state index in [2.05, 4.69) is 21.7 Å². The van der Waals surface area contributed by atoms with Crippen LogP contribution in [-0.4, -0.2) is 52.0 Å². The molecule has 1 fully saturated rings. The van der Waals surface area contributed by atoms with Crippen LogP contribution in [0.3, 0.4) is 0 Å². The molecule has 7 nitrogen and oxygen atoms in total. The third-order valence-corrected chi connectivity index (χ3v) is 7.18. The molecule has 8 heteroatoms. The van der Waals surface area contributed by atoms with Gasteiger partial charge in [0.2, 0.25) is 10.0 Å². The molecule has 0 unspecified atom stereocenters. The summed E-state index contributed by atoms with van der Waals surface area (Å²) in [6, 6.07) is 15.0. The van der Waals surface area contributed by atoms with Crippen molar-refractivity contribution in [2.24, 2.45) is 4.99 Å². The molecule has 1 aliphatic rings. The minimum Gasteiger partial charge on any atom is -0.496 e. The van der Waals surface area contributed by atoms with Gasteiger partial charge in [-0.25, -0.2) is 13.4 Å². The number of hydrogen-bond donors (Lipinski definition) is 2. The van der Waals surface area contributed by atoms with E-state index < -0.39 is 10.0 Å². The highest BCUT2D eigenvalue weighted by atomic mass is 32.2. The molecular formula is C23H32N4O3S. The number of nitrogens with zero attached hydrogens (tertiary/aromatic N) is 2. The lowest BCUT2D eigenvalue weighted by atomic mass is 10.1. The summed E-state index contributed by atoms with van der Waals surface area (Å²) in [5, 5.41) is 6.59. The molecule has 0 bridgehead atoms. The second-order valence-corrected chi connectivity index (χ2v) is 9.38. The van der Waals surface area contributed by atoms with Gasteiger partial charge in [-0.1, -0.05) is 30.3 Å². The summed E-state index contributed by atoms with van der Waals surface area (Å²) in [4.78, 5) is 4.98. The number of para-hydroxylation sites is 1. The van der Waals surface area contributed by atoms with Crippen molar-refractivity contribution < 1.29 is 13.2 Å². The number of aliphatic imine (C=N–C) groups is 1. The maximum Gasteiger partial charge on any atom is 0.243 e. The molecule has 0 spiro atoms. The van der Waals surface area contributed by atoms with Crippen molar-refractivity contribution in [2.45, 2.75) is 37.6 Å². The van der Waals surface area contributed by atoms with Crippen LogP contribution in [-0.2, 0) is 23.0 Å². The Kier molecular flexibility index (Phi) is 8.31. The second kappa shape index (κ2) is 11.2. The van der Waals surface area contributed by atoms with E-state index in [1.165, 1.54) is 0 Å². The molecule has 1 saturated heterocycles. The lowest BCUT2D eigenvalue weighted by Crippen LogP contribution is -2.38. The van der Waals surface area contributed by atoms with E-state index in [4.69, 9.17) is 4.74 Å². The third kappa shape index (κ3) is 6.21. The summed E-state index contributed by atoms with van der Waals surface area (Å²) in [6.07, 6.45) is 2.68. The Hall–Kier alpha value is -2.58. The van der Waals surface area contributed by atoms with Crippen molar-refractivity contribution in [1.29, 1.82) is 0 Å². The number of rotatable bonds is 9. The van der Waals surface area contributed by atoms with Crippen molar-refractivity contribution >= 4 is 16.0 Å². The van der Waals surface area contributed by atoms with Crippen LogP contribution in [0.1, 0.15) is 30.9 Å². The van der Waals surface area contributed by atoms with Crippen molar-refractivity contribution in [3.8, 4) is 5.75 Å². The zero-order valence-electron chi connectivity index (χ0n) is 18.3. The molecule has 0 atom stereocenters. The zero-order chi connectivity index (χ0) is 22.1. The van der Waals surface area contributed by atoms with Gasteiger partial charge in [0.25, 0.3) is 0 Å². The predicted molar refractivity (Wildman–Crippen MR) is 124 cm³/mol. The van der Waals surface area contributed by atoms with Crippen LogP contribution >= 0.6 is 0 Å². The normalized spacial score (nSPS) is 15.1. The van der Waals surface area contributed by atoms with Crippen LogP contribution < -0.4 is 15.4 Å². The van der Waals surface area contributed by atoms with Crippen LogP contribution in [0.2, 0.25) is 0 Å². The van der Waals surface area contributed by atoms with Crippen molar-refractivity contribution in [2.75, 3.05) is 33.3 Å². The Morgan fingerprint density at radius 3 is 2.45 bits per heavy atom. The number of nitrogens with one attached hydrogen (secondary N) is 2. The lowest BCUT2D eigenvalue weighted by molar-refractivity contribution is 0.409. The van der Waals surface area contributed by atoms with Crippen molar-refractivity contribution in [1.82, 2.24) is 14.9 Å². The number of benzene rings is 2. The molecule has 168 valence electrons. The zero-order valence-corrected chi connectivity index (χ0v) is 19.1. The standard InChI is InChI=1S/C23H32N4O3S/c1-3-24-23(25-15-14-20-8-4-5-9-22(20)30-2)26-18-19-10-12-21(13-11-19)31(28,29)27-16-6-7-17-27/h4-5,8-13H,3,6-7,14-18H2,1-2H3,(H2,24,25,26). The Bertz CT molecular complexity index is 969. The van der Waals surface area contributed by atoms with E-state index in [-0.39, 0.29) is 0 Å². The molecule has 0 radical (unpaired) electrons. The predicted octanol–water partition coefficient (Wildman–Crippen LogP) is 2.78. The minimum atomic E-state index is -3.38. The first-order valence-electron chi connectivity index (χ1n) is 10.8. The Balaban J connectivity index is 1.58. The summed E-state index contributed by atoms with van der Waals surface area (Å²) in [6.45, 7) is 5.19. The van der Waals surface area contributed by atoms with Gasteiger partial charge in [-0.3, -0.25) is 0 Å². The fourth-order valence-electron chi connectivity index (χ4n) is 3.58. The summed E-state index contributed by atoms with van der Waals surface area (Å²) in [5.41, 5.74) is 2.10. The van der Waals surface area contributed by atoms with Gasteiger partial charge in [-0.2, -0.15) is 4.31 Å². The van der Waals surface area contributed by atoms with Crippen LogP contribution in [0, 0.1) is 0 Å². The van der Waals surface area contributed by atoms with E-state index in [1.807, 2.05) is 37.3 Å². The summed E-state index contributed by atoms with van der Waals surface area (Å²) < 4.78 is 32.3. The number of hydrogen-bond acceptors (Lipinski definition) is 4. The Morgan fingerprint density at radius 1 is 1.06 bits per heavy atom. The highest BCUT2D eigenvalue weighted by Crippen LogP contribution is 2.21. The summed E-state index contributed by atoms with van der Waals surface area (Å²) >= 11 is 0. The summed E-state index contributed by atoms with van der Waals surface area (Å²) in [5.74, 6) is 1.61. The number of sulfonamides is 1. The van der Waals surface area contributed by atoms with Crippen LogP contribution in [0.5, 0.6) is 5.75 Å². The molecule has 31 heavy (non-hydrogen) atoms. The van der Waals surface area contributed by atoms with Gasteiger partial charge in [0, 0.05) is 26.2 Å². The van der Waals surface area contributed by atoms with Crippen LogP contribution in [0.4, 0.5) is 0 Å². The van der Waals surface area contributed by atoms with E-state index >= 15 is 0 Å². The first kappa shape index (κ1) is 23.1. The topological polar surface area (TPSA) is 83.0 Å². The largest absolute Gasteiger partial charge is 0.496 e. The third-order valence-electron chi connectivity index (χ3n) is 5.27. The maximum atomic E-state index is 12.6. The molecular weight excluding hydrogens is 412 g/mol. The molecule has 0 aromatic heterocycles. The number of ether oxygens (including phenoxy) is 1. The second-order valence-electron chi connectivity index (χ2n) is 7.44. The Morgan fingerprint density at radius 2 is 1.77 bits per heavy atom. The average Bonchev–Trinajstić information content (AvgIpc) is 3.34. The number of methoxy groups -OCH3 is 1. The number of guanidine groups is 1. The average molecular weight is 445 g/mol. The lowest BCUT2D eigenvalue weighted by Gasteiger charge is -2.15. The van der Waals surface area contributed by atoms with Gasteiger partial charge in [0.1, 0.15) is 5.75 Å². The van der Waals surface area contributed by atoms with E-state index in [0.29, 0.717) is 24.5 Å². The van der Waals surface area contributed by atoms with Gasteiger partial charge >= 0.3 is 0 Å². The molecule has 0 amide bonds. The fourth-order valence-corrected chi connectivity index (χ4v) is 5.10. The highest BCUT2D eigenvalue weighted by molar-refractivity contribution is 7.89. The van der Waals surface area contributed by atoms with Gasteiger partial charge in [-0.15, -0.1) is 0 Å². The van der Waals surface area contributed by atoms with Gasteiger partial charge in [-0.05, 0) is 55.5 Å². The smallest absolute Gasteiger partial charge is 0.243 e. The van der Waals surface area contributed by atoms with E-state index in [1.54, 1.807) is 23.5 Å². The van der Waals surface area contributed by atoms with Gasteiger partial charge < -0.3 is 15.4 Å². The van der Waals surface area contributed by atoms with E-state index in [9.17, 15) is 8.42 Å². The van der Waals surface area contributed by atoms with Gasteiger partial charge in [0.15, 0.2) is 5.96 Å². The quantitative estimate of drug-likeness (QED) is 0.459. The SMILES string of the molecule is CCNC(=NCc1ccc(S(=O)(=O)N2CCCC2)cc1)NCCc1ccccc1OC. The molecule has 2 aromatic rings. The summed E-state index contributed by atoms with van der Waals surface area (Å²) in [7, 11) is -1.70. The molecule has 2 aromatic carbocycles. The first-order valence-corrected chi connectivity index (χ1v) is 12.2. The molecule has 1 heterocycles. The first-order chi connectivity index (χ1) is 15.0. The fraction of sp³-hybridized carbons (Fsp3) is 0.435. The monoisotopic (exact) mass is 444 g/mol. The molecule has 3 rings (SSSR count). The molecule has 0 aliphatic carbocycles. The minimum absolute atomic E-state index is 0.351. The van der Waals surface area contributed by atoms with E-state index in [0.717, 1.165) is 55.2 Å². The van der Waals surface area contributed by atoms with Crippen molar-refractivity contribution in [3.05, 3.63) is 59.7 Å². The molecule has 2 N–H and O–H groups in total. The van der Waals surface area contributed by atoms with Crippen molar-refractivity contribution in [3.63, 3.8) is 0 Å². The van der Waals surface area contributed by atoms with Gasteiger partial charge in [0.05, 0.1) is 18.6 Å². The molecule has 0 saturated carbocycles. The molecule has 1 aliphatic heterocycles. The Labute approximate surface area is 185 Å². The van der Waals surface area contributed by atoms with Crippen LogP contribution in [0.25, 0.3) is 0 Å². The highest BCUT2D eigenvalue weighted by Gasteiger charge is 2.26.